The normalized spacial score (nSPS) is 16.9. The highest BCUT2D eigenvalue weighted by atomic mass is 16.6. The maximum absolute atomic E-state index is 12.3. The second-order valence-electron chi connectivity index (χ2n) is 5.08. The number of phenols is 1. The number of carboxylic acids is 1. The number of amides is 2. The molecule has 8 heteroatoms. The van der Waals surface area contributed by atoms with Gasteiger partial charge in [0.05, 0.1) is 6.61 Å². The molecule has 0 aromatic heterocycles. The molecular formula is C15H18N2O6. The van der Waals surface area contributed by atoms with Crippen LogP contribution in [0.2, 0.25) is 0 Å². The molecular weight excluding hydrogens is 304 g/mol. The van der Waals surface area contributed by atoms with E-state index in [1.54, 1.807) is 6.92 Å². The third kappa shape index (κ3) is 3.71. The van der Waals surface area contributed by atoms with Gasteiger partial charge < -0.3 is 20.3 Å². The highest BCUT2D eigenvalue weighted by molar-refractivity contribution is 5.98. The molecule has 8 nitrogen and oxygen atoms in total. The van der Waals surface area contributed by atoms with E-state index in [4.69, 9.17) is 9.84 Å². The van der Waals surface area contributed by atoms with Crippen molar-refractivity contribution >= 4 is 23.7 Å². The van der Waals surface area contributed by atoms with E-state index in [0.29, 0.717) is 19.4 Å². The summed E-state index contributed by atoms with van der Waals surface area (Å²) in [6, 6.07) is 3.09. The van der Waals surface area contributed by atoms with E-state index in [1.807, 2.05) is 0 Å². The number of anilines is 1. The van der Waals surface area contributed by atoms with Crippen LogP contribution in [0.3, 0.4) is 0 Å². The maximum atomic E-state index is 12.3. The van der Waals surface area contributed by atoms with Crippen LogP contribution in [-0.4, -0.2) is 52.3 Å². The average Bonchev–Trinajstić information content (AvgIpc) is 2.96. The number of carbonyl (C=O) groups excluding carboxylic acids is 2. The first-order valence-corrected chi connectivity index (χ1v) is 7.24. The standard InChI is InChI=1S/C15H18N2O6/c1-2-23-15(22)17-7-3-4-11(17)13(19)16-9-5-6-10(14(20)21)12(18)8-9/h5-6,8,11,18H,2-4,7H2,1H3,(H,16,19)(H,20,21). The largest absolute Gasteiger partial charge is 0.507 e. The number of aromatic carboxylic acids is 1. The zero-order valence-electron chi connectivity index (χ0n) is 12.6. The molecule has 0 saturated carbocycles. The predicted molar refractivity (Wildman–Crippen MR) is 80.4 cm³/mol. The van der Waals surface area contributed by atoms with Crippen molar-refractivity contribution in [2.45, 2.75) is 25.8 Å². The van der Waals surface area contributed by atoms with Crippen molar-refractivity contribution in [2.24, 2.45) is 0 Å². The summed E-state index contributed by atoms with van der Waals surface area (Å²) in [5.74, 6) is -2.10. The number of rotatable bonds is 4. The highest BCUT2D eigenvalue weighted by Crippen LogP contribution is 2.24. The van der Waals surface area contributed by atoms with Crippen molar-refractivity contribution in [1.29, 1.82) is 0 Å². The third-order valence-electron chi connectivity index (χ3n) is 3.55. The Labute approximate surface area is 132 Å². The van der Waals surface area contributed by atoms with Gasteiger partial charge in [-0.2, -0.15) is 0 Å². The van der Waals surface area contributed by atoms with E-state index in [-0.39, 0.29) is 17.9 Å². The Morgan fingerprint density at radius 1 is 1.39 bits per heavy atom. The van der Waals surface area contributed by atoms with Crippen LogP contribution in [0.15, 0.2) is 18.2 Å². The fourth-order valence-corrected chi connectivity index (χ4v) is 2.48. The molecule has 1 unspecified atom stereocenters. The Hall–Kier alpha value is -2.77. The van der Waals surface area contributed by atoms with Gasteiger partial charge in [0.15, 0.2) is 0 Å². The second kappa shape index (κ2) is 6.99. The number of carbonyl (C=O) groups is 3. The summed E-state index contributed by atoms with van der Waals surface area (Å²) in [6.45, 7) is 2.37. The summed E-state index contributed by atoms with van der Waals surface area (Å²) in [7, 11) is 0. The molecule has 1 aliphatic heterocycles. The number of hydrogen-bond donors (Lipinski definition) is 3. The van der Waals surface area contributed by atoms with Gasteiger partial charge in [-0.3, -0.25) is 9.69 Å². The van der Waals surface area contributed by atoms with Gasteiger partial charge in [0.1, 0.15) is 17.4 Å². The highest BCUT2D eigenvalue weighted by Gasteiger charge is 2.35. The van der Waals surface area contributed by atoms with Crippen molar-refractivity contribution < 1.29 is 29.3 Å². The summed E-state index contributed by atoms with van der Waals surface area (Å²) in [5.41, 5.74) is 0.00484. The van der Waals surface area contributed by atoms with Crippen LogP contribution in [0.25, 0.3) is 0 Å². The van der Waals surface area contributed by atoms with Gasteiger partial charge in [-0.15, -0.1) is 0 Å². The number of nitrogens with one attached hydrogen (secondary N) is 1. The van der Waals surface area contributed by atoms with Crippen LogP contribution in [0.4, 0.5) is 10.5 Å². The molecule has 0 aliphatic carbocycles. The minimum atomic E-state index is -1.26. The summed E-state index contributed by atoms with van der Waals surface area (Å²) < 4.78 is 4.92. The Bertz CT molecular complexity index is 630. The zero-order valence-corrected chi connectivity index (χ0v) is 12.6. The molecule has 0 radical (unpaired) electrons. The van der Waals surface area contributed by atoms with E-state index in [2.05, 4.69) is 5.32 Å². The molecule has 1 atom stereocenters. The van der Waals surface area contributed by atoms with E-state index in [9.17, 15) is 19.5 Å². The van der Waals surface area contributed by atoms with Crippen LogP contribution in [0, 0.1) is 0 Å². The van der Waals surface area contributed by atoms with Crippen molar-refractivity contribution in [3.63, 3.8) is 0 Å². The average molecular weight is 322 g/mol. The van der Waals surface area contributed by atoms with Gasteiger partial charge in [0.2, 0.25) is 5.91 Å². The Morgan fingerprint density at radius 2 is 2.13 bits per heavy atom. The number of carboxylic acid groups (broad SMARTS) is 1. The van der Waals surface area contributed by atoms with Crippen LogP contribution in [-0.2, 0) is 9.53 Å². The lowest BCUT2D eigenvalue weighted by atomic mass is 10.1. The van der Waals surface area contributed by atoms with Crippen LogP contribution < -0.4 is 5.32 Å². The summed E-state index contributed by atoms with van der Waals surface area (Å²) in [5, 5.41) is 21.1. The first-order valence-electron chi connectivity index (χ1n) is 7.24. The molecule has 23 heavy (non-hydrogen) atoms. The summed E-state index contributed by atoms with van der Waals surface area (Å²) in [4.78, 5) is 36.3. The Morgan fingerprint density at radius 3 is 2.74 bits per heavy atom. The molecule has 1 heterocycles. The molecule has 0 bridgehead atoms. The number of aromatic hydroxyl groups is 1. The van der Waals surface area contributed by atoms with E-state index in [1.165, 1.54) is 17.0 Å². The van der Waals surface area contributed by atoms with Crippen molar-refractivity contribution in [3.8, 4) is 5.75 Å². The first kappa shape index (κ1) is 16.6. The van der Waals surface area contributed by atoms with Crippen LogP contribution >= 0.6 is 0 Å². The molecule has 3 N–H and O–H groups in total. The molecule has 1 aliphatic rings. The molecule has 2 amide bonds. The van der Waals surface area contributed by atoms with Gasteiger partial charge >= 0.3 is 12.1 Å². The topological polar surface area (TPSA) is 116 Å². The minimum Gasteiger partial charge on any atom is -0.507 e. The van der Waals surface area contributed by atoms with E-state index in [0.717, 1.165) is 6.07 Å². The SMILES string of the molecule is CCOC(=O)N1CCCC1C(=O)Nc1ccc(C(=O)O)c(O)c1. The van der Waals surface area contributed by atoms with Gasteiger partial charge in [-0.05, 0) is 31.9 Å². The number of ether oxygens (including phenoxy) is 1. The molecule has 2 rings (SSSR count). The van der Waals surface area contributed by atoms with Crippen molar-refractivity contribution in [3.05, 3.63) is 23.8 Å². The lowest BCUT2D eigenvalue weighted by Crippen LogP contribution is -2.43. The molecule has 1 aromatic carbocycles. The summed E-state index contributed by atoms with van der Waals surface area (Å²) >= 11 is 0. The predicted octanol–water partition coefficient (Wildman–Crippen LogP) is 1.65. The smallest absolute Gasteiger partial charge is 0.410 e. The number of likely N-dealkylation sites (tertiary alicyclic amines) is 1. The molecule has 1 saturated heterocycles. The number of nitrogens with zero attached hydrogens (tertiary/aromatic N) is 1. The lowest BCUT2D eigenvalue weighted by molar-refractivity contribution is -0.120. The van der Waals surface area contributed by atoms with Crippen molar-refractivity contribution in [1.82, 2.24) is 4.90 Å². The second-order valence-corrected chi connectivity index (χ2v) is 5.08. The van der Waals surface area contributed by atoms with Gasteiger partial charge in [-0.1, -0.05) is 0 Å². The fraction of sp³-hybridized carbons (Fsp3) is 0.400. The maximum Gasteiger partial charge on any atom is 0.410 e. The van der Waals surface area contributed by atoms with Crippen LogP contribution in [0.5, 0.6) is 5.75 Å². The monoisotopic (exact) mass is 322 g/mol. The minimum absolute atomic E-state index is 0.230. The van der Waals surface area contributed by atoms with E-state index < -0.39 is 29.8 Å². The van der Waals surface area contributed by atoms with Gasteiger partial charge in [-0.25, -0.2) is 9.59 Å². The summed E-state index contributed by atoms with van der Waals surface area (Å²) in [6.07, 6.45) is 0.679. The first-order chi connectivity index (χ1) is 10.9. The van der Waals surface area contributed by atoms with Gasteiger partial charge in [0.25, 0.3) is 0 Å². The van der Waals surface area contributed by atoms with Crippen LogP contribution in [0.1, 0.15) is 30.1 Å². The zero-order chi connectivity index (χ0) is 17.0. The third-order valence-corrected chi connectivity index (χ3v) is 3.55. The molecule has 124 valence electrons. The molecule has 1 aromatic rings. The molecule has 1 fully saturated rings. The quantitative estimate of drug-likeness (QED) is 0.776. The number of hydrogen-bond acceptors (Lipinski definition) is 5. The van der Waals surface area contributed by atoms with Gasteiger partial charge in [0, 0.05) is 18.3 Å². The Balaban J connectivity index is 2.08. The van der Waals surface area contributed by atoms with E-state index >= 15 is 0 Å². The fourth-order valence-electron chi connectivity index (χ4n) is 2.48. The lowest BCUT2D eigenvalue weighted by Gasteiger charge is -2.23. The van der Waals surface area contributed by atoms with Crippen molar-refractivity contribution in [2.75, 3.05) is 18.5 Å². The molecule has 0 spiro atoms. The number of benzene rings is 1. The Kier molecular flexibility index (Phi) is 5.05.